The normalized spacial score (nSPS) is 14.5. The monoisotopic (exact) mass is 521 g/mol. The fraction of sp³-hybridized carbons (Fsp3) is 0.630. The number of benzene rings is 1. The lowest BCUT2D eigenvalue weighted by atomic mass is 9.97. The second-order valence-corrected chi connectivity index (χ2v) is 9.45. The van der Waals surface area contributed by atoms with E-state index in [-0.39, 0.29) is 35.7 Å². The Balaban J connectivity index is 0.000000546. The van der Waals surface area contributed by atoms with Crippen LogP contribution in [0.4, 0.5) is 0 Å². The van der Waals surface area contributed by atoms with Gasteiger partial charge in [-0.3, -0.25) is 19.2 Å². The molecule has 4 amide bonds. The molecule has 0 aromatic heterocycles. The molecule has 0 spiro atoms. The molecule has 0 radical (unpaired) electrons. The molecule has 10 heteroatoms. The summed E-state index contributed by atoms with van der Waals surface area (Å²) in [6, 6.07) is 8.04. The highest BCUT2D eigenvalue weighted by molar-refractivity contribution is 5.80. The molecular formula is C27H47N5O5. The number of ether oxygens (including phenoxy) is 1. The second kappa shape index (κ2) is 18.2. The Morgan fingerprint density at radius 2 is 1.76 bits per heavy atom. The zero-order chi connectivity index (χ0) is 28.4. The van der Waals surface area contributed by atoms with Crippen LogP contribution in [-0.4, -0.2) is 78.8 Å². The predicted molar refractivity (Wildman–Crippen MR) is 146 cm³/mol. The molecule has 1 atom stereocenters. The summed E-state index contributed by atoms with van der Waals surface area (Å²) >= 11 is 0. The molecule has 37 heavy (non-hydrogen) atoms. The number of hydrogen-bond donors (Lipinski definition) is 3. The number of nitrogens with two attached hydrogens (primary N) is 2. The van der Waals surface area contributed by atoms with E-state index in [2.05, 4.69) is 23.2 Å². The van der Waals surface area contributed by atoms with Crippen molar-refractivity contribution in [3.63, 3.8) is 0 Å². The number of para-hydroxylation sites is 1. The summed E-state index contributed by atoms with van der Waals surface area (Å²) in [4.78, 5) is 46.0. The van der Waals surface area contributed by atoms with Crippen LogP contribution in [0, 0.1) is 0 Å². The van der Waals surface area contributed by atoms with E-state index in [0.717, 1.165) is 44.7 Å². The van der Waals surface area contributed by atoms with Gasteiger partial charge in [-0.2, -0.15) is 0 Å². The van der Waals surface area contributed by atoms with Crippen LogP contribution in [0.25, 0.3) is 0 Å². The van der Waals surface area contributed by atoms with Crippen molar-refractivity contribution in [2.75, 3.05) is 33.3 Å². The van der Waals surface area contributed by atoms with E-state index in [0.29, 0.717) is 13.0 Å². The summed E-state index contributed by atoms with van der Waals surface area (Å²) in [5.41, 5.74) is 9.98. The summed E-state index contributed by atoms with van der Waals surface area (Å²) in [7, 11) is 1.69. The highest BCUT2D eigenvalue weighted by Gasteiger charge is 2.32. The number of nitrogens with one attached hydrogen (secondary N) is 1. The van der Waals surface area contributed by atoms with Gasteiger partial charge < -0.3 is 31.3 Å². The van der Waals surface area contributed by atoms with Gasteiger partial charge in [-0.25, -0.2) is 0 Å². The molecule has 2 heterocycles. The van der Waals surface area contributed by atoms with E-state index < -0.39 is 0 Å². The highest BCUT2D eigenvalue weighted by atomic mass is 16.5. The summed E-state index contributed by atoms with van der Waals surface area (Å²) in [6.07, 6.45) is 5.22. The third kappa shape index (κ3) is 13.1. The lowest BCUT2D eigenvalue weighted by Gasteiger charge is -2.37. The first kappa shape index (κ1) is 33.9. The van der Waals surface area contributed by atoms with Crippen molar-refractivity contribution < 1.29 is 23.9 Å². The molecular weight excluding hydrogens is 474 g/mol. The summed E-state index contributed by atoms with van der Waals surface area (Å²) < 4.78 is 5.42. The number of likely N-dealkylation sites (N-methyl/N-ethyl adjacent to an activating group) is 1. The van der Waals surface area contributed by atoms with Crippen LogP contribution in [0.15, 0.2) is 24.3 Å². The molecule has 210 valence electrons. The Labute approximate surface area is 222 Å². The van der Waals surface area contributed by atoms with Gasteiger partial charge in [-0.1, -0.05) is 18.2 Å². The third-order valence-electron chi connectivity index (χ3n) is 6.15. The number of nitrogens with zero attached hydrogens (tertiary/aromatic N) is 2. The van der Waals surface area contributed by atoms with Gasteiger partial charge in [0.2, 0.25) is 24.1 Å². The molecule has 2 aliphatic heterocycles. The molecule has 3 rings (SSSR count). The fourth-order valence-electron chi connectivity index (χ4n) is 4.06. The number of carbonyl (C=O) groups is 4. The van der Waals surface area contributed by atoms with Crippen molar-refractivity contribution in [3.05, 3.63) is 29.8 Å². The quantitative estimate of drug-likeness (QED) is 0.487. The molecule has 5 N–H and O–H groups in total. The SMILES string of the molecule is CCN(C(C)=O)C(C)(C)CC(=O)N1CCCC1.CNC(C)C(N)=O.NC=O.c1ccc2c(c1)CCCO2. The van der Waals surface area contributed by atoms with Crippen LogP contribution < -0.4 is 21.5 Å². The van der Waals surface area contributed by atoms with Crippen LogP contribution in [0.3, 0.4) is 0 Å². The van der Waals surface area contributed by atoms with Gasteiger partial charge in [0.05, 0.1) is 12.6 Å². The highest BCUT2D eigenvalue weighted by Crippen LogP contribution is 2.23. The summed E-state index contributed by atoms with van der Waals surface area (Å²) in [5, 5.41) is 2.69. The maximum absolute atomic E-state index is 12.1. The molecule has 10 nitrogen and oxygen atoms in total. The molecule has 2 aliphatic rings. The van der Waals surface area contributed by atoms with E-state index in [9.17, 15) is 14.4 Å². The maximum atomic E-state index is 12.1. The summed E-state index contributed by atoms with van der Waals surface area (Å²) in [6.45, 7) is 12.4. The summed E-state index contributed by atoms with van der Waals surface area (Å²) in [5.74, 6) is 0.968. The van der Waals surface area contributed by atoms with Crippen molar-refractivity contribution >= 4 is 24.1 Å². The van der Waals surface area contributed by atoms with Crippen molar-refractivity contribution in [2.45, 2.75) is 78.3 Å². The van der Waals surface area contributed by atoms with Crippen LogP contribution >= 0.6 is 0 Å². The van der Waals surface area contributed by atoms with Gasteiger partial charge in [0.25, 0.3) is 0 Å². The minimum atomic E-state index is -0.389. The first-order chi connectivity index (χ1) is 17.4. The third-order valence-corrected chi connectivity index (χ3v) is 6.15. The lowest BCUT2D eigenvalue weighted by Crippen LogP contribution is -2.49. The zero-order valence-corrected chi connectivity index (χ0v) is 23.4. The average Bonchev–Trinajstić information content (AvgIpc) is 3.40. The first-order valence-electron chi connectivity index (χ1n) is 12.8. The van der Waals surface area contributed by atoms with Crippen LogP contribution in [0.1, 0.15) is 65.9 Å². The number of amides is 4. The topological polar surface area (TPSA) is 148 Å². The Hall–Kier alpha value is -3.14. The Bertz CT molecular complexity index is 815. The van der Waals surface area contributed by atoms with Crippen LogP contribution in [0.5, 0.6) is 5.75 Å². The average molecular weight is 522 g/mol. The number of aryl methyl sites for hydroxylation is 1. The van der Waals surface area contributed by atoms with Gasteiger partial charge >= 0.3 is 0 Å². The first-order valence-corrected chi connectivity index (χ1v) is 12.8. The van der Waals surface area contributed by atoms with E-state index in [4.69, 9.17) is 15.3 Å². The second-order valence-electron chi connectivity index (χ2n) is 9.45. The van der Waals surface area contributed by atoms with Crippen molar-refractivity contribution in [1.82, 2.24) is 15.1 Å². The molecule has 1 unspecified atom stereocenters. The number of primary amides is 2. The largest absolute Gasteiger partial charge is 0.493 e. The van der Waals surface area contributed by atoms with Crippen LogP contribution in [-0.2, 0) is 25.6 Å². The Morgan fingerprint density at radius 3 is 2.19 bits per heavy atom. The number of rotatable bonds is 6. The standard InChI is InChI=1S/C13H24N2O2.C9H10O.C4H10N2O.CH3NO/c1-5-15(11(2)16)13(3,4)10-12(17)14-8-6-7-9-14;1-2-6-9-8(4-1)5-3-7-10-9;1-3(6-2)4(5)7;2-1-3/h5-10H2,1-4H3;1-2,4,6H,3,5,7H2;3,6H,1-2H3,(H2,5,7);1H,(H2,2,3). The van der Waals surface area contributed by atoms with E-state index in [1.165, 1.54) is 12.0 Å². The number of fused-ring (bicyclic) bond motifs is 1. The minimum Gasteiger partial charge on any atom is -0.493 e. The predicted octanol–water partition coefficient (Wildman–Crippen LogP) is 1.84. The number of likely N-dealkylation sites (tertiary alicyclic amines) is 1. The Morgan fingerprint density at radius 1 is 1.19 bits per heavy atom. The molecule has 1 saturated heterocycles. The molecule has 1 fully saturated rings. The fourth-order valence-corrected chi connectivity index (χ4v) is 4.06. The van der Waals surface area contributed by atoms with E-state index in [1.807, 2.05) is 37.8 Å². The van der Waals surface area contributed by atoms with Gasteiger partial charge in [-0.15, -0.1) is 0 Å². The molecule has 1 aromatic rings. The smallest absolute Gasteiger partial charge is 0.234 e. The maximum Gasteiger partial charge on any atom is 0.234 e. The van der Waals surface area contributed by atoms with E-state index >= 15 is 0 Å². The number of carbonyl (C=O) groups excluding carboxylic acids is 4. The Kier molecular flexibility index (Phi) is 16.6. The zero-order valence-electron chi connectivity index (χ0n) is 23.4. The molecule has 0 saturated carbocycles. The number of hydrogen-bond acceptors (Lipinski definition) is 6. The molecule has 0 bridgehead atoms. The minimum absolute atomic E-state index is 0.0340. The van der Waals surface area contributed by atoms with Gasteiger partial charge in [0.15, 0.2) is 0 Å². The van der Waals surface area contributed by atoms with Gasteiger partial charge in [0, 0.05) is 38.5 Å². The lowest BCUT2D eigenvalue weighted by molar-refractivity contribution is -0.139. The van der Waals surface area contributed by atoms with Crippen molar-refractivity contribution in [1.29, 1.82) is 0 Å². The molecule has 0 aliphatic carbocycles. The van der Waals surface area contributed by atoms with Crippen molar-refractivity contribution in [3.8, 4) is 5.75 Å². The molecule has 1 aromatic carbocycles. The van der Waals surface area contributed by atoms with Gasteiger partial charge in [-0.05, 0) is 72.1 Å². The van der Waals surface area contributed by atoms with Gasteiger partial charge in [0.1, 0.15) is 5.75 Å². The van der Waals surface area contributed by atoms with Crippen molar-refractivity contribution in [2.24, 2.45) is 11.5 Å². The van der Waals surface area contributed by atoms with E-state index in [1.54, 1.807) is 25.8 Å². The van der Waals surface area contributed by atoms with Crippen LogP contribution in [0.2, 0.25) is 0 Å².